The van der Waals surface area contributed by atoms with Crippen LogP contribution in [0.3, 0.4) is 0 Å². The predicted molar refractivity (Wildman–Crippen MR) is 68.5 cm³/mol. The van der Waals surface area contributed by atoms with E-state index in [1.807, 2.05) is 19.0 Å². The van der Waals surface area contributed by atoms with Crippen molar-refractivity contribution >= 4 is 34.5 Å². The van der Waals surface area contributed by atoms with Crippen LogP contribution < -0.4 is 4.90 Å². The number of rotatable bonds is 4. The van der Waals surface area contributed by atoms with Crippen molar-refractivity contribution in [1.82, 2.24) is 10.2 Å². The maximum atomic E-state index is 10.4. The van der Waals surface area contributed by atoms with Gasteiger partial charge < -0.3 is 9.32 Å². The highest BCUT2D eigenvalue weighted by molar-refractivity contribution is 7.16. The second kappa shape index (κ2) is 4.96. The summed E-state index contributed by atoms with van der Waals surface area (Å²) in [7, 11) is 3.76. The molecule has 2 heterocycles. The van der Waals surface area contributed by atoms with Gasteiger partial charge in [0.25, 0.3) is 0 Å². The van der Waals surface area contributed by atoms with Crippen molar-refractivity contribution in [3.05, 3.63) is 33.0 Å². The molecule has 0 aliphatic rings. The summed E-state index contributed by atoms with van der Waals surface area (Å²) in [5.74, 6) is 0.129. The Labute approximate surface area is 107 Å². The minimum atomic E-state index is -0.577. The molecule has 2 aromatic heterocycles. The van der Waals surface area contributed by atoms with Gasteiger partial charge in [0, 0.05) is 14.1 Å². The number of hydrogen-bond acceptors (Lipinski definition) is 7. The minimum absolute atomic E-state index is 0.277. The number of nitrogens with zero attached hydrogens (tertiary/aromatic N) is 4. The van der Waals surface area contributed by atoms with Crippen molar-refractivity contribution in [2.75, 3.05) is 19.0 Å². The van der Waals surface area contributed by atoms with Gasteiger partial charge in [-0.3, -0.25) is 10.1 Å². The van der Waals surface area contributed by atoms with Crippen LogP contribution in [-0.2, 0) is 0 Å². The van der Waals surface area contributed by atoms with Gasteiger partial charge in [0.2, 0.25) is 5.13 Å². The Kier molecular flexibility index (Phi) is 3.38. The van der Waals surface area contributed by atoms with E-state index >= 15 is 0 Å². The molecule has 2 aromatic rings. The Hall–Kier alpha value is -2.22. The molecule has 0 saturated carbocycles. The predicted octanol–water partition coefficient (Wildman–Crippen LogP) is 2.28. The van der Waals surface area contributed by atoms with Gasteiger partial charge in [0.05, 0.1) is 6.07 Å². The van der Waals surface area contributed by atoms with Gasteiger partial charge in [0.15, 0.2) is 0 Å². The highest BCUT2D eigenvalue weighted by atomic mass is 32.1. The third-order valence-corrected chi connectivity index (χ3v) is 3.05. The van der Waals surface area contributed by atoms with Gasteiger partial charge in [-0.25, -0.2) is 0 Å². The Bertz CT molecular complexity index is 587. The van der Waals surface area contributed by atoms with E-state index < -0.39 is 4.92 Å². The highest BCUT2D eigenvalue weighted by Gasteiger charge is 2.10. The molecule has 0 aromatic carbocycles. The first kappa shape index (κ1) is 12.2. The molecular formula is C10H10N4O3S. The molecule has 8 heteroatoms. The lowest BCUT2D eigenvalue weighted by atomic mass is 10.4. The van der Waals surface area contributed by atoms with E-state index in [1.54, 1.807) is 12.2 Å². The van der Waals surface area contributed by atoms with E-state index in [4.69, 9.17) is 4.42 Å². The van der Waals surface area contributed by atoms with Gasteiger partial charge in [-0.2, -0.15) is 0 Å². The van der Waals surface area contributed by atoms with E-state index in [2.05, 4.69) is 10.2 Å². The van der Waals surface area contributed by atoms with Gasteiger partial charge in [-0.05, 0) is 18.2 Å². The number of hydrogen-bond donors (Lipinski definition) is 0. The molecule has 0 saturated heterocycles. The van der Waals surface area contributed by atoms with Crippen LogP contribution in [0.1, 0.15) is 10.8 Å². The zero-order chi connectivity index (χ0) is 13.1. The third-order valence-electron chi connectivity index (χ3n) is 2.00. The Morgan fingerprint density at radius 3 is 2.72 bits per heavy atom. The van der Waals surface area contributed by atoms with Gasteiger partial charge >= 0.3 is 5.88 Å². The van der Waals surface area contributed by atoms with Crippen LogP contribution in [0.4, 0.5) is 11.0 Å². The highest BCUT2D eigenvalue weighted by Crippen LogP contribution is 2.21. The van der Waals surface area contributed by atoms with Crippen molar-refractivity contribution in [2.45, 2.75) is 0 Å². The fraction of sp³-hybridized carbons (Fsp3) is 0.200. The van der Waals surface area contributed by atoms with E-state index in [1.165, 1.54) is 23.5 Å². The lowest BCUT2D eigenvalue weighted by Gasteiger charge is -2.03. The van der Waals surface area contributed by atoms with Crippen LogP contribution in [-0.4, -0.2) is 29.2 Å². The number of aromatic nitrogens is 2. The first-order valence-electron chi connectivity index (χ1n) is 4.99. The van der Waals surface area contributed by atoms with Crippen LogP contribution in [0.2, 0.25) is 0 Å². The summed E-state index contributed by atoms with van der Waals surface area (Å²) in [4.78, 5) is 11.7. The Balaban J connectivity index is 2.11. The molecule has 0 spiro atoms. The fourth-order valence-electron chi connectivity index (χ4n) is 1.16. The number of anilines is 1. The number of nitro groups is 1. The fourth-order valence-corrected chi connectivity index (χ4v) is 1.83. The Morgan fingerprint density at radius 2 is 2.17 bits per heavy atom. The van der Waals surface area contributed by atoms with E-state index in [0.29, 0.717) is 10.8 Å². The van der Waals surface area contributed by atoms with Crippen molar-refractivity contribution in [3.63, 3.8) is 0 Å². The maximum absolute atomic E-state index is 10.4. The zero-order valence-corrected chi connectivity index (χ0v) is 10.5. The van der Waals surface area contributed by atoms with E-state index in [-0.39, 0.29) is 5.88 Å². The van der Waals surface area contributed by atoms with Crippen LogP contribution >= 0.6 is 11.3 Å². The molecular weight excluding hydrogens is 256 g/mol. The molecule has 0 radical (unpaired) electrons. The molecule has 7 nitrogen and oxygen atoms in total. The molecule has 0 aliphatic heterocycles. The average Bonchev–Trinajstić information content (AvgIpc) is 2.95. The standard InChI is InChI=1S/C10H10N4O3S/c1-13(2)10-12-11-8(18-10)5-3-7-4-6-9(17-7)14(15)16/h3-6H,1-2H3. The first-order valence-corrected chi connectivity index (χ1v) is 5.81. The van der Waals surface area contributed by atoms with Crippen LogP contribution in [0.15, 0.2) is 16.5 Å². The summed E-state index contributed by atoms with van der Waals surface area (Å²) in [6.45, 7) is 0. The molecule has 0 N–H and O–H groups in total. The van der Waals surface area contributed by atoms with Crippen LogP contribution in [0.5, 0.6) is 0 Å². The summed E-state index contributed by atoms with van der Waals surface area (Å²) in [6.07, 6.45) is 3.32. The summed E-state index contributed by atoms with van der Waals surface area (Å²) >= 11 is 1.41. The molecule has 0 aliphatic carbocycles. The van der Waals surface area contributed by atoms with Gasteiger partial charge in [-0.15, -0.1) is 10.2 Å². The van der Waals surface area contributed by atoms with Crippen molar-refractivity contribution in [2.24, 2.45) is 0 Å². The molecule has 2 rings (SSSR count). The zero-order valence-electron chi connectivity index (χ0n) is 9.73. The average molecular weight is 266 g/mol. The first-order chi connectivity index (χ1) is 8.56. The van der Waals surface area contributed by atoms with Gasteiger partial charge in [-0.1, -0.05) is 11.3 Å². The molecule has 18 heavy (non-hydrogen) atoms. The summed E-state index contributed by atoms with van der Waals surface area (Å²) in [5.41, 5.74) is 0. The maximum Gasteiger partial charge on any atom is 0.433 e. The second-order valence-electron chi connectivity index (χ2n) is 3.58. The number of furan rings is 1. The van der Waals surface area contributed by atoms with Crippen LogP contribution in [0.25, 0.3) is 12.2 Å². The molecule has 0 bridgehead atoms. The molecule has 0 unspecified atom stereocenters. The van der Waals surface area contributed by atoms with Crippen molar-refractivity contribution in [3.8, 4) is 0 Å². The minimum Gasteiger partial charge on any atom is -0.401 e. The lowest BCUT2D eigenvalue weighted by molar-refractivity contribution is -0.402. The van der Waals surface area contributed by atoms with Crippen LogP contribution in [0, 0.1) is 10.1 Å². The molecule has 0 amide bonds. The molecule has 94 valence electrons. The van der Waals surface area contributed by atoms with Gasteiger partial charge in [0.1, 0.15) is 15.7 Å². The molecule has 0 atom stereocenters. The van der Waals surface area contributed by atoms with E-state index in [9.17, 15) is 10.1 Å². The molecule has 0 fully saturated rings. The largest absolute Gasteiger partial charge is 0.433 e. The lowest BCUT2D eigenvalue weighted by Crippen LogP contribution is -2.07. The van der Waals surface area contributed by atoms with E-state index in [0.717, 1.165) is 5.13 Å². The SMILES string of the molecule is CN(C)c1nnc(C=Cc2ccc([N+](=O)[O-])o2)s1. The summed E-state index contributed by atoms with van der Waals surface area (Å²) in [5, 5.41) is 19.9. The topological polar surface area (TPSA) is 85.3 Å². The Morgan fingerprint density at radius 1 is 1.39 bits per heavy atom. The smallest absolute Gasteiger partial charge is 0.401 e. The quantitative estimate of drug-likeness (QED) is 0.623. The second-order valence-corrected chi connectivity index (χ2v) is 4.57. The van der Waals surface area contributed by atoms with Crippen molar-refractivity contribution < 1.29 is 9.34 Å². The monoisotopic (exact) mass is 266 g/mol. The summed E-state index contributed by atoms with van der Waals surface area (Å²) in [6, 6.07) is 2.84. The normalized spacial score (nSPS) is 11.0. The third kappa shape index (κ3) is 2.72. The van der Waals surface area contributed by atoms with Crippen molar-refractivity contribution in [1.29, 1.82) is 0 Å². The summed E-state index contributed by atoms with van der Waals surface area (Å²) < 4.78 is 4.98.